The highest BCUT2D eigenvalue weighted by atomic mass is 35.5. The van der Waals surface area contributed by atoms with Gasteiger partial charge in [-0.1, -0.05) is 35.4 Å². The summed E-state index contributed by atoms with van der Waals surface area (Å²) in [6.45, 7) is 0. The molecule has 2 bridgehead atoms. The first-order valence-electron chi connectivity index (χ1n) is 8.07. The van der Waals surface area contributed by atoms with Crippen LogP contribution in [0.5, 0.6) is 0 Å². The van der Waals surface area contributed by atoms with E-state index in [1.807, 2.05) is 12.2 Å². The fourth-order valence-electron chi connectivity index (χ4n) is 3.86. The zero-order valence-corrected chi connectivity index (χ0v) is 15.7. The predicted octanol–water partition coefficient (Wildman–Crippen LogP) is 4.58. The number of allylic oxidation sites excluding steroid dienone is 2. The molecule has 0 saturated heterocycles. The van der Waals surface area contributed by atoms with Crippen molar-refractivity contribution in [1.29, 1.82) is 0 Å². The molecule has 1 saturated carbocycles. The van der Waals surface area contributed by atoms with E-state index in [-0.39, 0.29) is 17.7 Å². The van der Waals surface area contributed by atoms with E-state index >= 15 is 0 Å². The molecule has 1 aromatic heterocycles. The number of halogens is 2. The zero-order chi connectivity index (χ0) is 18.4. The van der Waals surface area contributed by atoms with Crippen LogP contribution in [0.4, 0.5) is 5.13 Å². The number of hydrogen-bond donors (Lipinski definition) is 2. The number of benzene rings is 1. The van der Waals surface area contributed by atoms with Crippen LogP contribution in [0, 0.1) is 23.7 Å². The quantitative estimate of drug-likeness (QED) is 0.725. The van der Waals surface area contributed by atoms with Gasteiger partial charge in [-0.05, 0) is 36.5 Å². The number of carbonyl (C=O) groups excluding carboxylic acids is 1. The Bertz CT molecular complexity index is 927. The van der Waals surface area contributed by atoms with Crippen molar-refractivity contribution in [3.05, 3.63) is 45.8 Å². The van der Waals surface area contributed by atoms with Crippen LogP contribution in [0.1, 0.15) is 6.42 Å². The van der Waals surface area contributed by atoms with E-state index < -0.39 is 17.8 Å². The van der Waals surface area contributed by atoms with Gasteiger partial charge in [0.05, 0.1) is 22.6 Å². The highest BCUT2D eigenvalue weighted by molar-refractivity contribution is 7.14. The van der Waals surface area contributed by atoms with Crippen LogP contribution in [0.25, 0.3) is 11.3 Å². The molecule has 5 nitrogen and oxygen atoms in total. The third kappa shape index (κ3) is 3.02. The van der Waals surface area contributed by atoms with Crippen molar-refractivity contribution >= 4 is 51.5 Å². The van der Waals surface area contributed by atoms with Crippen molar-refractivity contribution in [2.75, 3.05) is 5.32 Å². The lowest BCUT2D eigenvalue weighted by Gasteiger charge is -2.23. The maximum atomic E-state index is 12.7. The standard InChI is InChI=1S/C18H14Cl2N2O3S/c19-10-3-4-11(12(20)6-10)13-7-26-18(21-13)22-16(23)14-8-1-2-9(5-8)15(14)17(24)25/h1-4,6-9,14-15H,5H2,(H,24,25)(H,21,22,23)/t8-,9+,14-,15+/m0/s1. The number of carboxylic acids is 1. The van der Waals surface area contributed by atoms with Gasteiger partial charge in [-0.15, -0.1) is 11.3 Å². The topological polar surface area (TPSA) is 79.3 Å². The molecule has 2 aromatic rings. The van der Waals surface area contributed by atoms with Gasteiger partial charge in [0.15, 0.2) is 5.13 Å². The molecule has 1 amide bonds. The van der Waals surface area contributed by atoms with Gasteiger partial charge >= 0.3 is 5.97 Å². The average molecular weight is 409 g/mol. The Balaban J connectivity index is 1.53. The third-order valence-electron chi connectivity index (χ3n) is 4.99. The molecule has 4 rings (SSSR count). The Morgan fingerprint density at radius 2 is 1.92 bits per heavy atom. The van der Waals surface area contributed by atoms with E-state index in [1.165, 1.54) is 11.3 Å². The van der Waals surface area contributed by atoms with E-state index in [9.17, 15) is 14.7 Å². The van der Waals surface area contributed by atoms with E-state index in [2.05, 4.69) is 10.3 Å². The normalized spacial score (nSPS) is 26.2. The molecule has 0 spiro atoms. The summed E-state index contributed by atoms with van der Waals surface area (Å²) >= 11 is 13.4. The molecule has 8 heteroatoms. The minimum Gasteiger partial charge on any atom is -0.481 e. The molecule has 1 heterocycles. The second-order valence-electron chi connectivity index (χ2n) is 6.49. The number of thiazole rings is 1. The summed E-state index contributed by atoms with van der Waals surface area (Å²) in [5, 5.41) is 15.5. The van der Waals surface area contributed by atoms with Crippen LogP contribution in [-0.2, 0) is 9.59 Å². The van der Waals surface area contributed by atoms with E-state index in [0.717, 1.165) is 12.0 Å². The molecule has 2 N–H and O–H groups in total. The summed E-state index contributed by atoms with van der Waals surface area (Å²) in [6.07, 6.45) is 4.59. The number of aliphatic carboxylic acids is 1. The van der Waals surface area contributed by atoms with Gasteiger partial charge in [0.25, 0.3) is 0 Å². The Morgan fingerprint density at radius 3 is 2.62 bits per heavy atom. The summed E-state index contributed by atoms with van der Waals surface area (Å²) in [5.74, 6) is -2.53. The Hall–Kier alpha value is -1.89. The molecule has 1 aromatic carbocycles. The molecule has 0 radical (unpaired) electrons. The molecular weight excluding hydrogens is 395 g/mol. The first-order valence-corrected chi connectivity index (χ1v) is 9.70. The minimum absolute atomic E-state index is 0.0220. The molecule has 2 aliphatic rings. The Labute approximate surface area is 163 Å². The third-order valence-corrected chi connectivity index (χ3v) is 6.29. The fraction of sp³-hybridized carbons (Fsp3) is 0.278. The first-order chi connectivity index (χ1) is 12.4. The average Bonchev–Trinajstić information content (AvgIpc) is 3.29. The minimum atomic E-state index is -0.922. The van der Waals surface area contributed by atoms with Crippen LogP contribution < -0.4 is 5.32 Å². The lowest BCUT2D eigenvalue weighted by molar-refractivity contribution is -0.146. The fourth-order valence-corrected chi connectivity index (χ4v) is 5.08. The maximum Gasteiger partial charge on any atom is 0.307 e. The summed E-state index contributed by atoms with van der Waals surface area (Å²) in [4.78, 5) is 28.7. The number of aromatic nitrogens is 1. The van der Waals surface area contributed by atoms with Crippen molar-refractivity contribution in [3.63, 3.8) is 0 Å². The van der Waals surface area contributed by atoms with Crippen LogP contribution in [-0.4, -0.2) is 22.0 Å². The van der Waals surface area contributed by atoms with E-state index in [4.69, 9.17) is 23.2 Å². The van der Waals surface area contributed by atoms with Crippen molar-refractivity contribution in [1.82, 2.24) is 4.98 Å². The maximum absolute atomic E-state index is 12.7. The van der Waals surface area contributed by atoms with E-state index in [0.29, 0.717) is 20.9 Å². The molecule has 0 aliphatic heterocycles. The van der Waals surface area contributed by atoms with Crippen LogP contribution >= 0.6 is 34.5 Å². The number of hydrogen-bond acceptors (Lipinski definition) is 4. The highest BCUT2D eigenvalue weighted by Crippen LogP contribution is 2.48. The van der Waals surface area contributed by atoms with Crippen molar-refractivity contribution in [2.45, 2.75) is 6.42 Å². The monoisotopic (exact) mass is 408 g/mol. The van der Waals surface area contributed by atoms with Crippen molar-refractivity contribution in [3.8, 4) is 11.3 Å². The second-order valence-corrected chi connectivity index (χ2v) is 8.19. The number of anilines is 1. The summed E-state index contributed by atoms with van der Waals surface area (Å²) < 4.78 is 0. The van der Waals surface area contributed by atoms with Crippen LogP contribution in [0.3, 0.4) is 0 Å². The summed E-state index contributed by atoms with van der Waals surface area (Å²) in [7, 11) is 0. The second kappa shape index (κ2) is 6.68. The van der Waals surface area contributed by atoms with Crippen molar-refractivity contribution in [2.24, 2.45) is 23.7 Å². The van der Waals surface area contributed by atoms with Gasteiger partial charge in [-0.25, -0.2) is 4.98 Å². The molecule has 4 atom stereocenters. The van der Waals surface area contributed by atoms with Crippen LogP contribution in [0.15, 0.2) is 35.7 Å². The van der Waals surface area contributed by atoms with Crippen molar-refractivity contribution < 1.29 is 14.7 Å². The number of fused-ring (bicyclic) bond motifs is 2. The first kappa shape index (κ1) is 17.5. The molecule has 134 valence electrons. The summed E-state index contributed by atoms with van der Waals surface area (Å²) in [6, 6.07) is 5.13. The Kier molecular flexibility index (Phi) is 4.50. The number of nitrogens with zero attached hydrogens (tertiary/aromatic N) is 1. The van der Waals surface area contributed by atoms with Gasteiger partial charge in [0.1, 0.15) is 0 Å². The molecule has 26 heavy (non-hydrogen) atoms. The van der Waals surface area contributed by atoms with Gasteiger partial charge in [-0.3, -0.25) is 9.59 Å². The van der Waals surface area contributed by atoms with Gasteiger partial charge in [0.2, 0.25) is 5.91 Å². The van der Waals surface area contributed by atoms with Gasteiger partial charge in [0, 0.05) is 16.0 Å². The summed E-state index contributed by atoms with van der Waals surface area (Å²) in [5.41, 5.74) is 1.36. The smallest absolute Gasteiger partial charge is 0.307 e. The van der Waals surface area contributed by atoms with Gasteiger partial charge < -0.3 is 10.4 Å². The molecule has 2 aliphatic carbocycles. The zero-order valence-electron chi connectivity index (χ0n) is 13.4. The highest BCUT2D eigenvalue weighted by Gasteiger charge is 2.51. The molecular formula is C18H14Cl2N2O3S. The number of carboxylic acid groups (broad SMARTS) is 1. The number of nitrogens with one attached hydrogen (secondary N) is 1. The lowest BCUT2D eigenvalue weighted by Crippen LogP contribution is -2.36. The number of carbonyl (C=O) groups is 2. The predicted molar refractivity (Wildman–Crippen MR) is 102 cm³/mol. The lowest BCUT2D eigenvalue weighted by atomic mass is 9.82. The number of rotatable bonds is 4. The van der Waals surface area contributed by atoms with Crippen LogP contribution in [0.2, 0.25) is 10.0 Å². The van der Waals surface area contributed by atoms with E-state index in [1.54, 1.807) is 23.6 Å². The number of amides is 1. The largest absolute Gasteiger partial charge is 0.481 e. The Morgan fingerprint density at radius 1 is 1.19 bits per heavy atom. The van der Waals surface area contributed by atoms with Gasteiger partial charge in [-0.2, -0.15) is 0 Å². The molecule has 0 unspecified atom stereocenters. The molecule has 1 fully saturated rings. The SMILES string of the molecule is O=C(Nc1nc(-c2ccc(Cl)cc2Cl)cs1)[C@@H]1[C@H](C(=O)O)[C@@H]2C=C[C@H]1C2.